The number of hydrogen-bond acceptors (Lipinski definition) is 1. The maximum Gasteiger partial charge on any atom is 0.0972 e. The van der Waals surface area contributed by atoms with Crippen molar-refractivity contribution >= 4 is 22.6 Å². The summed E-state index contributed by atoms with van der Waals surface area (Å²) in [5.74, 6) is 0. The summed E-state index contributed by atoms with van der Waals surface area (Å²) in [5.41, 5.74) is 1.15. The highest BCUT2D eigenvalue weighted by molar-refractivity contribution is 7.84. The van der Waals surface area contributed by atoms with Crippen molar-refractivity contribution in [3.63, 3.8) is 0 Å². The smallest absolute Gasteiger partial charge is 0.0972 e. The van der Waals surface area contributed by atoms with E-state index < -0.39 is 11.0 Å². The topological polar surface area (TPSA) is 29.1 Å². The molecule has 0 aromatic heterocycles. The van der Waals surface area contributed by atoms with E-state index in [9.17, 15) is 4.21 Å². The lowest BCUT2D eigenvalue weighted by Crippen LogP contribution is -2.38. The van der Waals surface area contributed by atoms with Gasteiger partial charge in [-0.2, -0.15) is 0 Å². The van der Waals surface area contributed by atoms with Crippen molar-refractivity contribution in [3.05, 3.63) is 34.9 Å². The summed E-state index contributed by atoms with van der Waals surface area (Å²) in [6, 6.07) is 8.08. The van der Waals surface area contributed by atoms with Crippen LogP contribution in [-0.2, 0) is 17.4 Å². The molecule has 1 N–H and O–H groups in total. The van der Waals surface area contributed by atoms with Gasteiger partial charge in [0.15, 0.2) is 0 Å². The summed E-state index contributed by atoms with van der Waals surface area (Å²) in [7, 11) is -1.01. The van der Waals surface area contributed by atoms with Gasteiger partial charge in [0.05, 0.1) is 15.7 Å². The number of nitrogens with one attached hydrogen (secondary N) is 1. The first kappa shape index (κ1) is 15.7. The molecule has 1 rings (SSSR count). The molecular weight excluding hydrogens is 266 g/mol. The predicted molar refractivity (Wildman–Crippen MR) is 80.3 cm³/mol. The first-order chi connectivity index (χ1) is 8.30. The van der Waals surface area contributed by atoms with E-state index in [1.807, 2.05) is 45.0 Å². The van der Waals surface area contributed by atoms with Gasteiger partial charge in [-0.1, -0.05) is 29.8 Å². The Morgan fingerprint density at radius 3 is 2.50 bits per heavy atom. The molecule has 2 nitrogen and oxygen atoms in total. The highest BCUT2D eigenvalue weighted by atomic mass is 35.5. The van der Waals surface area contributed by atoms with Crippen LogP contribution in [0.5, 0.6) is 0 Å². The van der Waals surface area contributed by atoms with Gasteiger partial charge in [-0.15, -0.1) is 0 Å². The van der Waals surface area contributed by atoms with Gasteiger partial charge in [0, 0.05) is 11.1 Å². The first-order valence-corrected chi connectivity index (χ1v) is 7.75. The normalized spacial score (nSPS) is 15.4. The lowest BCUT2D eigenvalue weighted by Gasteiger charge is -2.22. The first-order valence-electron chi connectivity index (χ1n) is 6.22. The molecule has 0 aliphatic carbocycles. The molecule has 0 radical (unpaired) electrons. The Balaban J connectivity index is 2.45. The molecule has 4 heteroatoms. The largest absolute Gasteiger partial charge is 0.242 e. The third-order valence-corrected chi connectivity index (χ3v) is 4.77. The van der Waals surface area contributed by atoms with Crippen molar-refractivity contribution < 1.29 is 4.21 Å². The second-order valence-electron chi connectivity index (χ2n) is 5.53. The molecule has 1 aromatic rings. The minimum atomic E-state index is -1.01. The fourth-order valence-corrected chi connectivity index (χ4v) is 2.56. The van der Waals surface area contributed by atoms with E-state index in [1.165, 1.54) is 0 Å². The highest BCUT2D eigenvalue weighted by Crippen LogP contribution is 2.17. The Labute approximate surface area is 118 Å². The van der Waals surface area contributed by atoms with E-state index in [4.69, 9.17) is 11.6 Å². The Bertz CT molecular complexity index is 415. The predicted octanol–water partition coefficient (Wildman–Crippen LogP) is 3.71. The van der Waals surface area contributed by atoms with Gasteiger partial charge in [0.2, 0.25) is 0 Å². The third-order valence-electron chi connectivity index (χ3n) is 2.67. The zero-order chi connectivity index (χ0) is 13.8. The zero-order valence-corrected chi connectivity index (χ0v) is 13.1. The second-order valence-corrected chi connectivity index (χ2v) is 7.94. The average Bonchev–Trinajstić information content (AvgIpc) is 2.26. The van der Waals surface area contributed by atoms with Crippen LogP contribution in [-0.4, -0.2) is 15.0 Å². The van der Waals surface area contributed by atoms with Gasteiger partial charge in [-0.05, 0) is 52.2 Å². The Morgan fingerprint density at radius 1 is 1.33 bits per heavy atom. The monoisotopic (exact) mass is 287 g/mol. The van der Waals surface area contributed by atoms with Crippen LogP contribution in [0.15, 0.2) is 24.3 Å². The number of hydrogen-bond donors (Lipinski definition) is 1. The van der Waals surface area contributed by atoms with Crippen molar-refractivity contribution in [2.75, 3.05) is 0 Å². The standard InChI is InChI=1S/C14H22ClNOS/c1-11(16-18(17)14(2,3)4)9-10-12-7-5-6-8-13(12)15/h5-8,11,16H,9-10H2,1-4H3/t11-,18+/m0/s1. The summed E-state index contributed by atoms with van der Waals surface area (Å²) in [5, 5.41) is 0.807. The molecule has 0 unspecified atom stereocenters. The molecular formula is C14H22ClNOS. The molecule has 0 aliphatic rings. The molecule has 0 aliphatic heterocycles. The number of aryl methyl sites for hydroxylation is 1. The summed E-state index contributed by atoms with van der Waals surface area (Å²) < 4.78 is 14.8. The van der Waals surface area contributed by atoms with Gasteiger partial charge < -0.3 is 0 Å². The summed E-state index contributed by atoms with van der Waals surface area (Å²) >= 11 is 6.11. The van der Waals surface area contributed by atoms with Crippen LogP contribution in [0.2, 0.25) is 5.02 Å². The van der Waals surface area contributed by atoms with Crippen LogP contribution in [0.4, 0.5) is 0 Å². The van der Waals surface area contributed by atoms with E-state index in [2.05, 4.69) is 11.6 Å². The minimum Gasteiger partial charge on any atom is -0.242 e. The van der Waals surface area contributed by atoms with Gasteiger partial charge in [-0.3, -0.25) is 0 Å². The SMILES string of the molecule is C[C@@H](CCc1ccccc1Cl)N[S@](=O)C(C)(C)C. The average molecular weight is 288 g/mol. The van der Waals surface area contributed by atoms with E-state index in [0.29, 0.717) is 0 Å². The number of halogens is 1. The van der Waals surface area contributed by atoms with Crippen molar-refractivity contribution in [2.24, 2.45) is 0 Å². The molecule has 1 aromatic carbocycles. The van der Waals surface area contributed by atoms with Crippen LogP contribution in [0.1, 0.15) is 39.7 Å². The van der Waals surface area contributed by atoms with Crippen molar-refractivity contribution in [1.82, 2.24) is 4.72 Å². The van der Waals surface area contributed by atoms with Gasteiger partial charge >= 0.3 is 0 Å². The van der Waals surface area contributed by atoms with E-state index >= 15 is 0 Å². The molecule has 0 amide bonds. The Hall–Kier alpha value is -0.380. The molecule has 0 heterocycles. The number of benzene rings is 1. The zero-order valence-electron chi connectivity index (χ0n) is 11.5. The van der Waals surface area contributed by atoms with Crippen LogP contribution in [0.3, 0.4) is 0 Å². The summed E-state index contributed by atoms with van der Waals surface area (Å²) in [6.07, 6.45) is 1.82. The molecule has 0 fully saturated rings. The summed E-state index contributed by atoms with van der Waals surface area (Å²) in [6.45, 7) is 7.96. The third kappa shape index (κ3) is 5.09. The van der Waals surface area contributed by atoms with E-state index in [0.717, 1.165) is 23.4 Å². The summed E-state index contributed by atoms with van der Waals surface area (Å²) in [4.78, 5) is 0. The van der Waals surface area contributed by atoms with Crippen LogP contribution < -0.4 is 4.72 Å². The van der Waals surface area contributed by atoms with Crippen molar-refractivity contribution in [3.8, 4) is 0 Å². The second kappa shape index (κ2) is 6.69. The van der Waals surface area contributed by atoms with Gasteiger partial charge in [0.1, 0.15) is 0 Å². The maximum atomic E-state index is 11.9. The van der Waals surface area contributed by atoms with Crippen LogP contribution in [0.25, 0.3) is 0 Å². The highest BCUT2D eigenvalue weighted by Gasteiger charge is 2.20. The van der Waals surface area contributed by atoms with E-state index in [-0.39, 0.29) is 10.8 Å². The van der Waals surface area contributed by atoms with Gasteiger partial charge in [0.25, 0.3) is 0 Å². The molecule has 102 valence electrons. The molecule has 0 saturated heterocycles. The van der Waals surface area contributed by atoms with Crippen LogP contribution in [0, 0.1) is 0 Å². The fraction of sp³-hybridized carbons (Fsp3) is 0.571. The number of rotatable bonds is 5. The fourth-order valence-electron chi connectivity index (χ4n) is 1.49. The van der Waals surface area contributed by atoms with Crippen LogP contribution >= 0.6 is 11.6 Å². The molecule has 0 bridgehead atoms. The van der Waals surface area contributed by atoms with E-state index in [1.54, 1.807) is 0 Å². The molecule has 18 heavy (non-hydrogen) atoms. The Morgan fingerprint density at radius 2 is 1.94 bits per heavy atom. The maximum absolute atomic E-state index is 11.9. The Kier molecular flexibility index (Phi) is 5.83. The van der Waals surface area contributed by atoms with Crippen molar-refractivity contribution in [2.45, 2.75) is 51.3 Å². The quantitative estimate of drug-likeness (QED) is 0.879. The molecule has 0 saturated carbocycles. The van der Waals surface area contributed by atoms with Gasteiger partial charge in [-0.25, -0.2) is 8.93 Å². The lowest BCUT2D eigenvalue weighted by molar-refractivity contribution is 0.581. The molecule has 0 spiro atoms. The van der Waals surface area contributed by atoms with Crippen molar-refractivity contribution in [1.29, 1.82) is 0 Å². The minimum absolute atomic E-state index is 0.210. The lowest BCUT2D eigenvalue weighted by atomic mass is 10.1. The molecule has 2 atom stereocenters.